The van der Waals surface area contributed by atoms with Crippen molar-refractivity contribution in [3.05, 3.63) is 33.8 Å². The summed E-state index contributed by atoms with van der Waals surface area (Å²) in [6, 6.07) is 4.18. The van der Waals surface area contributed by atoms with E-state index < -0.39 is 0 Å². The van der Waals surface area contributed by atoms with Crippen molar-refractivity contribution in [3.8, 4) is 0 Å². The molecule has 4 nitrogen and oxygen atoms in total. The molecule has 18 heavy (non-hydrogen) atoms. The zero-order valence-corrected chi connectivity index (χ0v) is 11.8. The predicted molar refractivity (Wildman–Crippen MR) is 77.3 cm³/mol. The van der Waals surface area contributed by atoms with Gasteiger partial charge in [0.2, 0.25) is 0 Å². The molecule has 2 N–H and O–H groups in total. The first-order valence-electron chi connectivity index (χ1n) is 6.06. The molecule has 0 amide bonds. The molecule has 2 aromatic heterocycles. The molecule has 0 saturated carbocycles. The lowest BCUT2D eigenvalue weighted by molar-refractivity contribution is 0.926. The zero-order valence-electron chi connectivity index (χ0n) is 10.9. The van der Waals surface area contributed by atoms with E-state index in [4.69, 9.17) is 0 Å². The first-order valence-corrected chi connectivity index (χ1v) is 6.94. The minimum absolute atomic E-state index is 0.807. The highest BCUT2D eigenvalue weighted by molar-refractivity contribution is 7.09. The average Bonchev–Trinajstić information content (AvgIpc) is 2.90. The van der Waals surface area contributed by atoms with Gasteiger partial charge in [-0.25, -0.2) is 9.97 Å². The summed E-state index contributed by atoms with van der Waals surface area (Å²) in [7, 11) is 1.89. The molecule has 0 bridgehead atoms. The Kier molecular flexibility index (Phi) is 4.15. The van der Waals surface area contributed by atoms with Crippen molar-refractivity contribution in [1.29, 1.82) is 0 Å². The van der Waals surface area contributed by atoms with Gasteiger partial charge in [0.15, 0.2) is 0 Å². The van der Waals surface area contributed by atoms with E-state index in [-0.39, 0.29) is 0 Å². The molecule has 0 aliphatic heterocycles. The Morgan fingerprint density at radius 2 is 2.06 bits per heavy atom. The molecule has 5 heteroatoms. The molecular weight excluding hydrogens is 244 g/mol. The van der Waals surface area contributed by atoms with E-state index in [0.29, 0.717) is 0 Å². The van der Waals surface area contributed by atoms with Crippen molar-refractivity contribution >= 4 is 23.0 Å². The number of aryl methyl sites for hydroxylation is 1. The summed E-state index contributed by atoms with van der Waals surface area (Å²) in [5.74, 6) is 2.67. The highest BCUT2D eigenvalue weighted by atomic mass is 32.1. The highest BCUT2D eigenvalue weighted by Gasteiger charge is 2.08. The van der Waals surface area contributed by atoms with Gasteiger partial charge in [0.05, 0.1) is 6.54 Å². The predicted octanol–water partition coefficient (Wildman–Crippen LogP) is 3.06. The van der Waals surface area contributed by atoms with Gasteiger partial charge in [-0.15, -0.1) is 11.3 Å². The van der Waals surface area contributed by atoms with Crippen molar-refractivity contribution in [2.24, 2.45) is 0 Å². The Bertz CT molecular complexity index is 508. The van der Waals surface area contributed by atoms with Crippen LogP contribution in [-0.2, 0) is 13.0 Å². The quantitative estimate of drug-likeness (QED) is 0.869. The number of rotatable bonds is 5. The maximum absolute atomic E-state index is 4.54. The summed E-state index contributed by atoms with van der Waals surface area (Å²) in [5.41, 5.74) is 1.06. The van der Waals surface area contributed by atoms with E-state index in [2.05, 4.69) is 45.0 Å². The Hall–Kier alpha value is -1.62. The second kappa shape index (κ2) is 5.82. The molecule has 0 aliphatic rings. The molecule has 2 rings (SSSR count). The maximum atomic E-state index is 4.54. The van der Waals surface area contributed by atoms with Crippen LogP contribution in [0.25, 0.3) is 0 Å². The van der Waals surface area contributed by atoms with Gasteiger partial charge in [-0.1, -0.05) is 13.0 Å². The van der Waals surface area contributed by atoms with Gasteiger partial charge in [-0.05, 0) is 18.4 Å². The van der Waals surface area contributed by atoms with Gasteiger partial charge in [0, 0.05) is 23.9 Å². The number of anilines is 2. The summed E-state index contributed by atoms with van der Waals surface area (Å²) >= 11 is 1.75. The SMILES string of the molecule is CCc1nc(NC)c(C)c(NCc2cccs2)n1. The molecule has 0 radical (unpaired) electrons. The molecule has 0 fully saturated rings. The van der Waals surface area contributed by atoms with Crippen LogP contribution in [-0.4, -0.2) is 17.0 Å². The number of hydrogen-bond acceptors (Lipinski definition) is 5. The smallest absolute Gasteiger partial charge is 0.135 e. The first kappa shape index (κ1) is 12.8. The number of nitrogens with zero attached hydrogens (tertiary/aromatic N) is 2. The van der Waals surface area contributed by atoms with Crippen molar-refractivity contribution in [2.75, 3.05) is 17.7 Å². The van der Waals surface area contributed by atoms with E-state index in [1.54, 1.807) is 11.3 Å². The van der Waals surface area contributed by atoms with Gasteiger partial charge in [-0.3, -0.25) is 0 Å². The summed E-state index contributed by atoms with van der Waals surface area (Å²) in [6.07, 6.45) is 0.836. The number of hydrogen-bond donors (Lipinski definition) is 2. The molecular formula is C13H18N4S. The summed E-state index contributed by atoms with van der Waals surface area (Å²) in [5, 5.41) is 8.58. The summed E-state index contributed by atoms with van der Waals surface area (Å²) in [4.78, 5) is 10.3. The third-order valence-electron chi connectivity index (χ3n) is 2.76. The van der Waals surface area contributed by atoms with Crippen molar-refractivity contribution in [1.82, 2.24) is 9.97 Å². The fourth-order valence-electron chi connectivity index (χ4n) is 1.72. The maximum Gasteiger partial charge on any atom is 0.135 e. The van der Waals surface area contributed by atoms with Gasteiger partial charge >= 0.3 is 0 Å². The minimum Gasteiger partial charge on any atom is -0.373 e. The monoisotopic (exact) mass is 262 g/mol. The largest absolute Gasteiger partial charge is 0.373 e. The zero-order chi connectivity index (χ0) is 13.0. The van der Waals surface area contributed by atoms with Crippen LogP contribution >= 0.6 is 11.3 Å². The number of thiophene rings is 1. The van der Waals surface area contributed by atoms with Crippen LogP contribution in [0.1, 0.15) is 23.2 Å². The standard InChI is InChI=1S/C13H18N4S/c1-4-11-16-12(14-3)9(2)13(17-11)15-8-10-6-5-7-18-10/h5-7H,4,8H2,1-3H3,(H2,14,15,16,17). The molecule has 2 aromatic rings. The van der Waals surface area contributed by atoms with Gasteiger partial charge < -0.3 is 10.6 Å². The Morgan fingerprint density at radius 1 is 1.28 bits per heavy atom. The van der Waals surface area contributed by atoms with E-state index in [9.17, 15) is 0 Å². The summed E-state index contributed by atoms with van der Waals surface area (Å²) < 4.78 is 0. The Balaban J connectivity index is 2.20. The fourth-order valence-corrected chi connectivity index (χ4v) is 2.37. The second-order valence-corrected chi connectivity index (χ2v) is 5.03. The molecule has 2 heterocycles. The molecule has 0 atom stereocenters. The highest BCUT2D eigenvalue weighted by Crippen LogP contribution is 2.21. The molecule has 0 aromatic carbocycles. The Morgan fingerprint density at radius 3 is 2.67 bits per heavy atom. The van der Waals surface area contributed by atoms with E-state index in [1.165, 1.54) is 4.88 Å². The first-order chi connectivity index (χ1) is 8.74. The Labute approximate surface area is 111 Å². The van der Waals surface area contributed by atoms with Crippen LogP contribution in [0, 0.1) is 6.92 Å². The van der Waals surface area contributed by atoms with E-state index in [0.717, 1.165) is 36.0 Å². The number of aromatic nitrogens is 2. The van der Waals surface area contributed by atoms with Crippen molar-refractivity contribution in [2.45, 2.75) is 26.8 Å². The van der Waals surface area contributed by atoms with Crippen molar-refractivity contribution < 1.29 is 0 Å². The van der Waals surface area contributed by atoms with Crippen LogP contribution in [0.15, 0.2) is 17.5 Å². The topological polar surface area (TPSA) is 49.8 Å². The van der Waals surface area contributed by atoms with Crippen LogP contribution < -0.4 is 10.6 Å². The van der Waals surface area contributed by atoms with Crippen molar-refractivity contribution in [3.63, 3.8) is 0 Å². The molecule has 96 valence electrons. The lowest BCUT2D eigenvalue weighted by atomic mass is 10.3. The molecule has 0 spiro atoms. The van der Waals surface area contributed by atoms with E-state index >= 15 is 0 Å². The third-order valence-corrected chi connectivity index (χ3v) is 3.63. The average molecular weight is 262 g/mol. The van der Waals surface area contributed by atoms with Gasteiger partial charge in [-0.2, -0.15) is 0 Å². The van der Waals surface area contributed by atoms with Gasteiger partial charge in [0.1, 0.15) is 17.5 Å². The second-order valence-electron chi connectivity index (χ2n) is 4.00. The summed E-state index contributed by atoms with van der Waals surface area (Å²) in [6.45, 7) is 4.90. The molecule has 0 aliphatic carbocycles. The fraction of sp³-hybridized carbons (Fsp3) is 0.385. The van der Waals surface area contributed by atoms with Crippen LogP contribution in [0.2, 0.25) is 0 Å². The van der Waals surface area contributed by atoms with Crippen LogP contribution in [0.5, 0.6) is 0 Å². The lowest BCUT2D eigenvalue weighted by Crippen LogP contribution is -2.08. The third kappa shape index (κ3) is 2.79. The molecule has 0 saturated heterocycles. The van der Waals surface area contributed by atoms with E-state index in [1.807, 2.05) is 14.0 Å². The normalized spacial score (nSPS) is 10.4. The molecule has 0 unspecified atom stereocenters. The van der Waals surface area contributed by atoms with Crippen LogP contribution in [0.4, 0.5) is 11.6 Å². The van der Waals surface area contributed by atoms with Gasteiger partial charge in [0.25, 0.3) is 0 Å². The lowest BCUT2D eigenvalue weighted by Gasteiger charge is -2.12. The van der Waals surface area contributed by atoms with Crippen LogP contribution in [0.3, 0.4) is 0 Å². The minimum atomic E-state index is 0.807. The number of nitrogens with one attached hydrogen (secondary N) is 2.